The van der Waals surface area contributed by atoms with Crippen molar-refractivity contribution in [2.24, 2.45) is 11.1 Å². The van der Waals surface area contributed by atoms with E-state index in [9.17, 15) is 4.79 Å². The molecule has 0 aliphatic rings. The molecule has 21 heavy (non-hydrogen) atoms. The van der Waals surface area contributed by atoms with E-state index < -0.39 is 5.41 Å². The smallest absolute Gasteiger partial charge is 0.237 e. The molecule has 5 heteroatoms. The van der Waals surface area contributed by atoms with Gasteiger partial charge in [-0.05, 0) is 37.5 Å². The Bertz CT molecular complexity index is 525. The molecule has 1 aromatic rings. The van der Waals surface area contributed by atoms with Gasteiger partial charge in [0.1, 0.15) is 0 Å². The Morgan fingerprint density at radius 2 is 1.90 bits per heavy atom. The molecule has 0 saturated heterocycles. The molecule has 1 amide bonds. The van der Waals surface area contributed by atoms with Crippen LogP contribution >= 0.6 is 23.8 Å². The predicted molar refractivity (Wildman–Crippen MR) is 93.9 cm³/mol. The van der Waals surface area contributed by atoms with Gasteiger partial charge in [0.2, 0.25) is 5.91 Å². The quantitative estimate of drug-likeness (QED) is 0.727. The second-order valence-electron chi connectivity index (χ2n) is 5.31. The van der Waals surface area contributed by atoms with Crippen LogP contribution in [0.2, 0.25) is 5.02 Å². The summed E-state index contributed by atoms with van der Waals surface area (Å²) in [6.07, 6.45) is 3.00. The van der Waals surface area contributed by atoms with Crippen molar-refractivity contribution in [2.75, 3.05) is 5.32 Å². The van der Waals surface area contributed by atoms with E-state index in [1.54, 1.807) is 6.07 Å². The molecule has 0 radical (unpaired) electrons. The van der Waals surface area contributed by atoms with Gasteiger partial charge in [-0.1, -0.05) is 56.6 Å². The van der Waals surface area contributed by atoms with E-state index in [-0.39, 0.29) is 10.9 Å². The van der Waals surface area contributed by atoms with Crippen LogP contribution in [0.5, 0.6) is 0 Å². The number of hydrogen-bond acceptors (Lipinski definition) is 2. The molecule has 0 aliphatic heterocycles. The molecule has 3 nitrogen and oxygen atoms in total. The summed E-state index contributed by atoms with van der Waals surface area (Å²) < 4.78 is 0. The van der Waals surface area contributed by atoms with Crippen LogP contribution in [-0.2, 0) is 4.79 Å². The maximum absolute atomic E-state index is 12.8. The Morgan fingerprint density at radius 3 is 2.38 bits per heavy atom. The van der Waals surface area contributed by atoms with Crippen LogP contribution in [-0.4, -0.2) is 10.9 Å². The standard InChI is InChI=1S/C16H23ClN2OS/c1-4-9-16(10-5-2,14(18)21)15(20)19-13-8-6-7-12(17)11(13)3/h6-8H,4-5,9-10H2,1-3H3,(H2,18,21)(H,19,20). The second-order valence-corrected chi connectivity index (χ2v) is 6.16. The normalized spacial score (nSPS) is 11.2. The van der Waals surface area contributed by atoms with Gasteiger partial charge in [0, 0.05) is 10.7 Å². The number of nitrogens with one attached hydrogen (secondary N) is 1. The zero-order chi connectivity index (χ0) is 16.0. The lowest BCUT2D eigenvalue weighted by Crippen LogP contribution is -2.46. The van der Waals surface area contributed by atoms with Crippen molar-refractivity contribution in [2.45, 2.75) is 46.5 Å². The highest BCUT2D eigenvalue weighted by molar-refractivity contribution is 7.80. The van der Waals surface area contributed by atoms with Gasteiger partial charge in [0.25, 0.3) is 0 Å². The molecule has 116 valence electrons. The first kappa shape index (κ1) is 17.9. The summed E-state index contributed by atoms with van der Waals surface area (Å²) in [4.78, 5) is 13.1. The fraction of sp³-hybridized carbons (Fsp3) is 0.500. The van der Waals surface area contributed by atoms with Gasteiger partial charge in [-0.3, -0.25) is 4.79 Å². The van der Waals surface area contributed by atoms with Crippen LogP contribution in [0.3, 0.4) is 0 Å². The second kappa shape index (κ2) is 7.76. The monoisotopic (exact) mass is 326 g/mol. The molecular weight excluding hydrogens is 304 g/mol. The van der Waals surface area contributed by atoms with E-state index >= 15 is 0 Å². The summed E-state index contributed by atoms with van der Waals surface area (Å²) in [5.74, 6) is -0.135. The number of nitrogens with two attached hydrogens (primary N) is 1. The summed E-state index contributed by atoms with van der Waals surface area (Å²) in [6.45, 7) is 5.93. The number of hydrogen-bond donors (Lipinski definition) is 2. The molecule has 0 atom stereocenters. The molecule has 0 bridgehead atoms. The van der Waals surface area contributed by atoms with Gasteiger partial charge in [-0.15, -0.1) is 0 Å². The fourth-order valence-electron chi connectivity index (χ4n) is 2.55. The molecule has 0 saturated carbocycles. The van der Waals surface area contributed by atoms with E-state index in [2.05, 4.69) is 5.32 Å². The minimum Gasteiger partial charge on any atom is -0.392 e. The highest BCUT2D eigenvalue weighted by Gasteiger charge is 2.40. The van der Waals surface area contributed by atoms with Crippen molar-refractivity contribution in [1.29, 1.82) is 0 Å². The van der Waals surface area contributed by atoms with E-state index in [0.717, 1.165) is 18.4 Å². The maximum Gasteiger partial charge on any atom is 0.237 e. The number of halogens is 1. The van der Waals surface area contributed by atoms with Gasteiger partial charge >= 0.3 is 0 Å². The lowest BCUT2D eigenvalue weighted by atomic mass is 9.78. The molecule has 1 rings (SSSR count). The zero-order valence-electron chi connectivity index (χ0n) is 12.8. The van der Waals surface area contributed by atoms with E-state index in [4.69, 9.17) is 29.6 Å². The largest absolute Gasteiger partial charge is 0.392 e. The number of thiocarbonyl (C=S) groups is 1. The summed E-state index contributed by atoms with van der Waals surface area (Å²) in [5.41, 5.74) is 6.68. The molecular formula is C16H23ClN2OS. The average molecular weight is 327 g/mol. The molecule has 0 unspecified atom stereocenters. The Labute approximate surface area is 137 Å². The first-order valence-corrected chi connectivity index (χ1v) is 8.04. The Hall–Kier alpha value is -1.13. The zero-order valence-corrected chi connectivity index (χ0v) is 14.4. The van der Waals surface area contributed by atoms with Crippen molar-refractivity contribution < 1.29 is 4.79 Å². The molecule has 0 aromatic heterocycles. The molecule has 0 spiro atoms. The topological polar surface area (TPSA) is 55.1 Å². The van der Waals surface area contributed by atoms with Crippen LogP contribution in [0.15, 0.2) is 18.2 Å². The van der Waals surface area contributed by atoms with Gasteiger partial charge in [-0.25, -0.2) is 0 Å². The van der Waals surface area contributed by atoms with Crippen LogP contribution in [0.4, 0.5) is 5.69 Å². The summed E-state index contributed by atoms with van der Waals surface area (Å²) >= 11 is 11.3. The van der Waals surface area contributed by atoms with Crippen LogP contribution in [0, 0.1) is 12.3 Å². The number of benzene rings is 1. The number of carbonyl (C=O) groups excluding carboxylic acids is 1. The third-order valence-electron chi connectivity index (χ3n) is 3.78. The Balaban J connectivity index is 3.11. The number of carbonyl (C=O) groups is 1. The molecule has 0 fully saturated rings. The van der Waals surface area contributed by atoms with Crippen molar-refractivity contribution >= 4 is 40.4 Å². The third-order valence-corrected chi connectivity index (χ3v) is 4.58. The fourth-order valence-corrected chi connectivity index (χ4v) is 3.02. The lowest BCUT2D eigenvalue weighted by molar-refractivity contribution is -0.122. The highest BCUT2D eigenvalue weighted by Crippen LogP contribution is 2.33. The van der Waals surface area contributed by atoms with Gasteiger partial charge in [0.05, 0.1) is 10.4 Å². The Morgan fingerprint density at radius 1 is 1.33 bits per heavy atom. The van der Waals surface area contributed by atoms with Crippen LogP contribution in [0.1, 0.15) is 45.1 Å². The van der Waals surface area contributed by atoms with E-state index in [0.29, 0.717) is 23.6 Å². The minimum absolute atomic E-state index is 0.135. The summed E-state index contributed by atoms with van der Waals surface area (Å²) in [6, 6.07) is 5.44. The highest BCUT2D eigenvalue weighted by atomic mass is 35.5. The first-order chi connectivity index (χ1) is 9.89. The van der Waals surface area contributed by atoms with Crippen molar-refractivity contribution in [3.05, 3.63) is 28.8 Å². The van der Waals surface area contributed by atoms with Gasteiger partial charge in [-0.2, -0.15) is 0 Å². The summed E-state index contributed by atoms with van der Waals surface area (Å²) in [7, 11) is 0. The molecule has 3 N–H and O–H groups in total. The summed E-state index contributed by atoms with van der Waals surface area (Å²) in [5, 5.41) is 3.58. The van der Waals surface area contributed by atoms with E-state index in [1.807, 2.05) is 32.9 Å². The van der Waals surface area contributed by atoms with Crippen molar-refractivity contribution in [3.8, 4) is 0 Å². The number of rotatable bonds is 7. The number of amides is 1. The maximum atomic E-state index is 12.8. The lowest BCUT2D eigenvalue weighted by Gasteiger charge is -2.31. The average Bonchev–Trinajstić information content (AvgIpc) is 2.43. The van der Waals surface area contributed by atoms with Crippen LogP contribution in [0.25, 0.3) is 0 Å². The van der Waals surface area contributed by atoms with Crippen molar-refractivity contribution in [3.63, 3.8) is 0 Å². The Kier molecular flexibility index (Phi) is 6.62. The SMILES string of the molecule is CCCC(CCC)(C(=O)Nc1cccc(Cl)c1C)C(N)=S. The first-order valence-electron chi connectivity index (χ1n) is 7.25. The number of anilines is 1. The minimum atomic E-state index is -0.784. The van der Waals surface area contributed by atoms with E-state index in [1.165, 1.54) is 0 Å². The van der Waals surface area contributed by atoms with Gasteiger partial charge in [0.15, 0.2) is 0 Å². The third kappa shape index (κ3) is 3.95. The van der Waals surface area contributed by atoms with Gasteiger partial charge < -0.3 is 11.1 Å². The predicted octanol–water partition coefficient (Wildman–Crippen LogP) is 4.46. The molecule has 0 heterocycles. The van der Waals surface area contributed by atoms with Crippen LogP contribution < -0.4 is 11.1 Å². The molecule has 1 aromatic carbocycles. The molecule has 0 aliphatic carbocycles. The van der Waals surface area contributed by atoms with Crippen molar-refractivity contribution in [1.82, 2.24) is 0 Å².